The Kier molecular flexibility index (Phi) is 8.03. The molecule has 1 aliphatic carbocycles. The van der Waals surface area contributed by atoms with E-state index in [-0.39, 0.29) is 22.6 Å². The minimum Gasteiger partial charge on any atom is -0.494 e. The molecular formula is C27H25N5O5S2. The molecule has 39 heavy (non-hydrogen) atoms. The Hall–Kier alpha value is -4.03. The number of carbonyl (C=O) groups is 1. The van der Waals surface area contributed by atoms with Crippen LogP contribution in [-0.4, -0.2) is 39.0 Å². The number of para-hydroxylation sites is 1. The van der Waals surface area contributed by atoms with Crippen LogP contribution in [0.2, 0.25) is 0 Å². The summed E-state index contributed by atoms with van der Waals surface area (Å²) in [6.45, 7) is 2.44. The van der Waals surface area contributed by atoms with Gasteiger partial charge in [-0.15, -0.1) is 11.3 Å². The molecule has 1 amide bonds. The summed E-state index contributed by atoms with van der Waals surface area (Å²) in [5, 5.41) is 16.1. The van der Waals surface area contributed by atoms with E-state index in [0.29, 0.717) is 33.4 Å². The zero-order valence-corrected chi connectivity index (χ0v) is 22.7. The lowest BCUT2D eigenvalue weighted by atomic mass is 9.97. The quantitative estimate of drug-likeness (QED) is 0.101. The number of fused-ring (bicyclic) bond motifs is 3. The van der Waals surface area contributed by atoms with Crippen molar-refractivity contribution in [2.75, 3.05) is 12.4 Å². The number of ether oxygens (including phenoxy) is 1. The molecule has 0 spiro atoms. The second-order valence-corrected chi connectivity index (χ2v) is 10.8. The first-order valence-corrected chi connectivity index (χ1v) is 14.2. The molecule has 0 radical (unpaired) electrons. The Morgan fingerprint density at radius 2 is 2.00 bits per heavy atom. The number of hydrogen-bond acceptors (Lipinski definition) is 9. The van der Waals surface area contributed by atoms with Gasteiger partial charge >= 0.3 is 0 Å². The first-order chi connectivity index (χ1) is 19.0. The zero-order valence-electron chi connectivity index (χ0n) is 21.1. The van der Waals surface area contributed by atoms with E-state index in [1.807, 2.05) is 6.92 Å². The highest BCUT2D eigenvalue weighted by atomic mass is 32.2. The highest BCUT2D eigenvalue weighted by Gasteiger charge is 2.23. The number of aryl methyl sites for hydroxylation is 2. The number of benzene rings is 2. The van der Waals surface area contributed by atoms with Gasteiger partial charge in [0, 0.05) is 10.9 Å². The molecule has 200 valence electrons. The lowest BCUT2D eigenvalue weighted by Gasteiger charge is -2.14. The van der Waals surface area contributed by atoms with Crippen LogP contribution in [0.25, 0.3) is 15.9 Å². The van der Waals surface area contributed by atoms with Gasteiger partial charge in [-0.25, -0.2) is 10.4 Å². The van der Waals surface area contributed by atoms with E-state index in [0.717, 1.165) is 43.0 Å². The normalized spacial score (nSPS) is 12.9. The first kappa shape index (κ1) is 26.6. The van der Waals surface area contributed by atoms with E-state index in [1.54, 1.807) is 52.3 Å². The topological polar surface area (TPSA) is 129 Å². The third kappa shape index (κ3) is 5.71. The summed E-state index contributed by atoms with van der Waals surface area (Å²) in [4.78, 5) is 43.8. The van der Waals surface area contributed by atoms with Crippen molar-refractivity contribution in [3.05, 3.63) is 85.0 Å². The summed E-state index contributed by atoms with van der Waals surface area (Å²) >= 11 is 2.68. The van der Waals surface area contributed by atoms with Crippen LogP contribution in [-0.2, 0) is 17.6 Å². The van der Waals surface area contributed by atoms with Gasteiger partial charge in [-0.2, -0.15) is 5.10 Å². The van der Waals surface area contributed by atoms with Gasteiger partial charge in [0.2, 0.25) is 0 Å². The molecule has 0 atom stereocenters. The molecule has 12 heteroatoms. The van der Waals surface area contributed by atoms with Crippen LogP contribution in [0, 0.1) is 10.1 Å². The summed E-state index contributed by atoms with van der Waals surface area (Å²) in [6, 6.07) is 13.3. The first-order valence-electron chi connectivity index (χ1n) is 12.4. The molecule has 2 aromatic heterocycles. The van der Waals surface area contributed by atoms with Crippen LogP contribution in [0.15, 0.2) is 63.6 Å². The van der Waals surface area contributed by atoms with Crippen molar-refractivity contribution in [2.24, 2.45) is 5.10 Å². The molecule has 0 saturated heterocycles. The Morgan fingerprint density at radius 3 is 2.77 bits per heavy atom. The number of hydrogen-bond donors (Lipinski definition) is 1. The van der Waals surface area contributed by atoms with Crippen molar-refractivity contribution in [3.63, 3.8) is 0 Å². The van der Waals surface area contributed by atoms with E-state index in [4.69, 9.17) is 9.72 Å². The molecule has 10 nitrogen and oxygen atoms in total. The van der Waals surface area contributed by atoms with Gasteiger partial charge in [0.1, 0.15) is 10.6 Å². The maximum atomic E-state index is 13.9. The molecule has 1 N–H and O–H groups in total. The van der Waals surface area contributed by atoms with Crippen LogP contribution in [0.5, 0.6) is 5.75 Å². The van der Waals surface area contributed by atoms with Gasteiger partial charge in [-0.1, -0.05) is 23.9 Å². The van der Waals surface area contributed by atoms with Gasteiger partial charge in [-0.05, 0) is 68.5 Å². The number of carbonyl (C=O) groups excluding carboxylic acids is 1. The van der Waals surface area contributed by atoms with Gasteiger partial charge < -0.3 is 4.74 Å². The predicted molar refractivity (Wildman–Crippen MR) is 153 cm³/mol. The van der Waals surface area contributed by atoms with Gasteiger partial charge in [0.15, 0.2) is 5.16 Å². The minimum atomic E-state index is -0.510. The van der Waals surface area contributed by atoms with Crippen molar-refractivity contribution in [1.82, 2.24) is 15.0 Å². The molecule has 2 aromatic carbocycles. The van der Waals surface area contributed by atoms with Crippen molar-refractivity contribution in [2.45, 2.75) is 37.8 Å². The molecular weight excluding hydrogens is 538 g/mol. The van der Waals surface area contributed by atoms with Crippen LogP contribution < -0.4 is 15.7 Å². The molecule has 2 heterocycles. The predicted octanol–water partition coefficient (Wildman–Crippen LogP) is 4.88. The second-order valence-electron chi connectivity index (χ2n) is 8.75. The van der Waals surface area contributed by atoms with E-state index in [2.05, 4.69) is 10.5 Å². The molecule has 1 aliphatic rings. The second kappa shape index (κ2) is 11.8. The molecule has 4 aromatic rings. The van der Waals surface area contributed by atoms with E-state index >= 15 is 0 Å². The Labute approximate surface area is 231 Å². The Bertz CT molecular complexity index is 1630. The number of amides is 1. The van der Waals surface area contributed by atoms with Crippen molar-refractivity contribution < 1.29 is 14.5 Å². The van der Waals surface area contributed by atoms with Gasteiger partial charge in [-0.3, -0.25) is 24.3 Å². The number of nitrogens with zero attached hydrogens (tertiary/aromatic N) is 4. The minimum absolute atomic E-state index is 0.0612. The average Bonchev–Trinajstić information content (AvgIpc) is 3.32. The summed E-state index contributed by atoms with van der Waals surface area (Å²) < 4.78 is 7.10. The lowest BCUT2D eigenvalue weighted by Crippen LogP contribution is -2.24. The number of aromatic nitrogens is 2. The summed E-state index contributed by atoms with van der Waals surface area (Å²) in [7, 11) is 0. The smallest absolute Gasteiger partial charge is 0.278 e. The highest BCUT2D eigenvalue weighted by molar-refractivity contribution is 7.99. The number of nitro benzene ring substituents is 1. The number of nitro groups is 1. The molecule has 0 unspecified atom stereocenters. The third-order valence-electron chi connectivity index (χ3n) is 6.22. The molecule has 0 bridgehead atoms. The number of rotatable bonds is 9. The number of thioether (sulfide) groups is 1. The third-order valence-corrected chi connectivity index (χ3v) is 8.35. The fourth-order valence-electron chi connectivity index (χ4n) is 4.47. The number of thiophene rings is 1. The SMILES string of the molecule is CCOc1ccc(-n2c(SCC(=O)NN=Cc3ccccc3[N+](=O)[O-])nc3sc4c(c3c2=O)CCCC4)cc1. The molecule has 5 rings (SSSR count). The van der Waals surface area contributed by atoms with Crippen LogP contribution in [0.3, 0.4) is 0 Å². The molecule has 0 aliphatic heterocycles. The Balaban J connectivity index is 1.42. The lowest BCUT2D eigenvalue weighted by molar-refractivity contribution is -0.385. The largest absolute Gasteiger partial charge is 0.494 e. The fraction of sp³-hybridized carbons (Fsp3) is 0.259. The summed E-state index contributed by atoms with van der Waals surface area (Å²) in [5.74, 6) is 0.197. The van der Waals surface area contributed by atoms with E-state index < -0.39 is 10.8 Å². The van der Waals surface area contributed by atoms with E-state index in [9.17, 15) is 19.7 Å². The molecule has 0 fully saturated rings. The van der Waals surface area contributed by atoms with Crippen molar-refractivity contribution in [1.29, 1.82) is 0 Å². The summed E-state index contributed by atoms with van der Waals surface area (Å²) in [5.41, 5.74) is 4.13. The van der Waals surface area contributed by atoms with Gasteiger partial charge in [0.25, 0.3) is 17.2 Å². The van der Waals surface area contributed by atoms with Crippen molar-refractivity contribution >= 4 is 51.1 Å². The number of nitrogens with one attached hydrogen (secondary N) is 1. The Morgan fingerprint density at radius 1 is 1.23 bits per heavy atom. The van der Waals surface area contributed by atoms with Crippen LogP contribution >= 0.6 is 23.1 Å². The van der Waals surface area contributed by atoms with E-state index in [1.165, 1.54) is 23.2 Å². The highest BCUT2D eigenvalue weighted by Crippen LogP contribution is 2.35. The van der Waals surface area contributed by atoms with Gasteiger partial charge in [0.05, 0.1) is 40.1 Å². The average molecular weight is 564 g/mol. The van der Waals surface area contributed by atoms with Crippen LogP contribution in [0.1, 0.15) is 35.8 Å². The zero-order chi connectivity index (χ0) is 27.4. The molecule has 0 saturated carbocycles. The number of hydrazone groups is 1. The standard InChI is InChI=1S/C27H25N5O5S2/c1-2-37-19-13-11-18(12-14-19)31-26(34)24-20-8-4-6-10-22(20)39-25(24)29-27(31)38-16-23(33)30-28-15-17-7-3-5-9-21(17)32(35)36/h3,5,7,9,11-15H,2,4,6,8,10,16H2,1H3,(H,30,33). The van der Waals surface area contributed by atoms with Crippen molar-refractivity contribution in [3.8, 4) is 11.4 Å². The van der Waals surface area contributed by atoms with Crippen LogP contribution in [0.4, 0.5) is 5.69 Å². The summed E-state index contributed by atoms with van der Waals surface area (Å²) in [6.07, 6.45) is 5.19. The fourth-order valence-corrected chi connectivity index (χ4v) is 6.58. The maximum absolute atomic E-state index is 13.9. The maximum Gasteiger partial charge on any atom is 0.278 e. The monoisotopic (exact) mass is 563 g/mol.